The molecule has 0 fully saturated rings. The Morgan fingerprint density at radius 2 is 1.72 bits per heavy atom. The lowest BCUT2D eigenvalue weighted by Gasteiger charge is -2.18. The summed E-state index contributed by atoms with van der Waals surface area (Å²) < 4.78 is 10.6. The summed E-state index contributed by atoms with van der Waals surface area (Å²) in [6.45, 7) is -0.570. The van der Waals surface area contributed by atoms with Crippen LogP contribution in [-0.4, -0.2) is 49.4 Å². The first-order chi connectivity index (χ1) is 18.9. The Morgan fingerprint density at radius 1 is 0.974 bits per heavy atom. The topological polar surface area (TPSA) is 102 Å². The van der Waals surface area contributed by atoms with Crippen molar-refractivity contribution in [3.8, 4) is 11.5 Å². The second kappa shape index (κ2) is 12.8. The summed E-state index contributed by atoms with van der Waals surface area (Å²) in [5.74, 6) is 0.217. The molecular weight excluding hydrogens is 494 g/mol. The SMILES string of the molecule is COc1ccc(/C=C/C(=O)N[C@@H](CC2=CCc3ccccc32)C(=O)Cc2ccc(C(=O)CO)cc2)cc1OC. The summed E-state index contributed by atoms with van der Waals surface area (Å²) in [6, 6.07) is 19.2. The van der Waals surface area contributed by atoms with E-state index in [0.717, 1.165) is 28.7 Å². The fourth-order valence-electron chi connectivity index (χ4n) is 4.59. The van der Waals surface area contributed by atoms with E-state index in [9.17, 15) is 14.4 Å². The maximum atomic E-state index is 13.4. The number of aliphatic hydroxyl groups excluding tert-OH is 1. The van der Waals surface area contributed by atoms with E-state index in [0.29, 0.717) is 23.5 Å². The highest BCUT2D eigenvalue weighted by Crippen LogP contribution is 2.31. The third-order valence-corrected chi connectivity index (χ3v) is 6.69. The van der Waals surface area contributed by atoms with Crippen molar-refractivity contribution >= 4 is 29.1 Å². The number of allylic oxidation sites excluding steroid dienone is 1. The van der Waals surface area contributed by atoms with E-state index in [1.165, 1.54) is 11.6 Å². The van der Waals surface area contributed by atoms with E-state index >= 15 is 0 Å². The van der Waals surface area contributed by atoms with Crippen LogP contribution in [0.5, 0.6) is 11.5 Å². The van der Waals surface area contributed by atoms with Crippen molar-refractivity contribution in [1.82, 2.24) is 5.32 Å². The van der Waals surface area contributed by atoms with Crippen molar-refractivity contribution in [3.63, 3.8) is 0 Å². The van der Waals surface area contributed by atoms with Gasteiger partial charge in [0, 0.05) is 24.5 Å². The third-order valence-electron chi connectivity index (χ3n) is 6.69. The van der Waals surface area contributed by atoms with Crippen LogP contribution in [0.15, 0.2) is 78.9 Å². The molecule has 0 heterocycles. The molecule has 0 spiro atoms. The Labute approximate surface area is 227 Å². The highest BCUT2D eigenvalue weighted by atomic mass is 16.5. The number of nitrogens with one attached hydrogen (secondary N) is 1. The number of Topliss-reactive ketones (excluding diaryl/α,β-unsaturated/α-hetero) is 2. The maximum Gasteiger partial charge on any atom is 0.244 e. The molecule has 0 unspecified atom stereocenters. The number of amides is 1. The van der Waals surface area contributed by atoms with Gasteiger partial charge in [0.2, 0.25) is 5.91 Å². The van der Waals surface area contributed by atoms with E-state index in [2.05, 4.69) is 17.5 Å². The number of hydrogen-bond donors (Lipinski definition) is 2. The molecule has 39 heavy (non-hydrogen) atoms. The van der Waals surface area contributed by atoms with E-state index in [1.54, 1.807) is 62.8 Å². The molecule has 0 bridgehead atoms. The fraction of sp³-hybridized carbons (Fsp3) is 0.219. The number of rotatable bonds is 12. The normalized spacial score (nSPS) is 12.9. The van der Waals surface area contributed by atoms with Gasteiger partial charge in [0.15, 0.2) is 23.1 Å². The largest absolute Gasteiger partial charge is 0.493 e. The molecule has 1 amide bonds. The number of ketones is 2. The van der Waals surface area contributed by atoms with Crippen molar-refractivity contribution < 1.29 is 29.0 Å². The lowest BCUT2D eigenvalue weighted by molar-refractivity contribution is -0.125. The quantitative estimate of drug-likeness (QED) is 0.271. The van der Waals surface area contributed by atoms with Crippen molar-refractivity contribution in [2.45, 2.75) is 25.3 Å². The van der Waals surface area contributed by atoms with Crippen LogP contribution in [0, 0.1) is 0 Å². The van der Waals surface area contributed by atoms with Crippen LogP contribution in [0.1, 0.15) is 39.0 Å². The van der Waals surface area contributed by atoms with Crippen LogP contribution in [0.4, 0.5) is 0 Å². The number of carbonyl (C=O) groups excluding carboxylic acids is 3. The summed E-state index contributed by atoms with van der Waals surface area (Å²) in [7, 11) is 3.10. The van der Waals surface area contributed by atoms with Gasteiger partial charge in [-0.3, -0.25) is 14.4 Å². The fourth-order valence-corrected chi connectivity index (χ4v) is 4.59. The first-order valence-electron chi connectivity index (χ1n) is 12.7. The number of carbonyl (C=O) groups is 3. The zero-order valence-corrected chi connectivity index (χ0v) is 22.0. The predicted molar refractivity (Wildman–Crippen MR) is 150 cm³/mol. The number of fused-ring (bicyclic) bond motifs is 1. The molecule has 1 atom stereocenters. The molecule has 0 aliphatic heterocycles. The van der Waals surface area contributed by atoms with Gasteiger partial charge in [-0.05, 0) is 52.5 Å². The molecular formula is C32H31NO6. The molecule has 0 radical (unpaired) electrons. The monoisotopic (exact) mass is 525 g/mol. The van der Waals surface area contributed by atoms with Crippen LogP contribution in [0.25, 0.3) is 11.6 Å². The first kappa shape index (κ1) is 27.5. The van der Waals surface area contributed by atoms with Gasteiger partial charge in [-0.1, -0.05) is 60.7 Å². The number of methoxy groups -OCH3 is 2. The number of ether oxygens (including phenoxy) is 2. The van der Waals surface area contributed by atoms with Gasteiger partial charge in [0.1, 0.15) is 6.61 Å². The summed E-state index contributed by atoms with van der Waals surface area (Å²) in [5, 5.41) is 12.0. The second-order valence-corrected chi connectivity index (χ2v) is 9.22. The lowest BCUT2D eigenvalue weighted by Crippen LogP contribution is -2.41. The number of hydrogen-bond acceptors (Lipinski definition) is 6. The smallest absolute Gasteiger partial charge is 0.244 e. The lowest BCUT2D eigenvalue weighted by atomic mass is 9.94. The molecule has 0 saturated heterocycles. The molecule has 3 aromatic rings. The third kappa shape index (κ3) is 6.89. The van der Waals surface area contributed by atoms with E-state index < -0.39 is 12.6 Å². The van der Waals surface area contributed by atoms with Crippen LogP contribution in [-0.2, 0) is 22.4 Å². The minimum atomic E-state index is -0.747. The van der Waals surface area contributed by atoms with Gasteiger partial charge >= 0.3 is 0 Å². The Morgan fingerprint density at radius 3 is 2.44 bits per heavy atom. The van der Waals surface area contributed by atoms with E-state index in [4.69, 9.17) is 14.6 Å². The van der Waals surface area contributed by atoms with Crippen LogP contribution >= 0.6 is 0 Å². The number of benzene rings is 3. The molecule has 4 rings (SSSR count). The summed E-state index contributed by atoms with van der Waals surface area (Å²) in [5.41, 5.74) is 5.16. The first-order valence-corrected chi connectivity index (χ1v) is 12.7. The van der Waals surface area contributed by atoms with Gasteiger partial charge in [0.05, 0.1) is 20.3 Å². The van der Waals surface area contributed by atoms with E-state index in [-0.39, 0.29) is 23.9 Å². The van der Waals surface area contributed by atoms with Gasteiger partial charge < -0.3 is 19.9 Å². The zero-order chi connectivity index (χ0) is 27.8. The standard InChI is InChI=1S/C32H31NO6/c1-38-30-15-9-22(18-31(30)39-2)10-16-32(37)33-27(19-25-14-13-23-5-3-4-6-26(23)25)28(35)17-21-7-11-24(12-8-21)29(36)20-34/h3-12,14-16,18,27,34H,13,17,19-20H2,1-2H3,(H,33,37)/b16-10+/t27-/m0/s1. The van der Waals surface area contributed by atoms with Crippen LogP contribution in [0.3, 0.4) is 0 Å². The molecule has 7 nitrogen and oxygen atoms in total. The highest BCUT2D eigenvalue weighted by molar-refractivity contribution is 5.98. The van der Waals surface area contributed by atoms with Crippen molar-refractivity contribution in [1.29, 1.82) is 0 Å². The predicted octanol–water partition coefficient (Wildman–Crippen LogP) is 4.22. The Hall–Kier alpha value is -4.49. The number of aliphatic hydroxyl groups is 1. The summed E-state index contributed by atoms with van der Waals surface area (Å²) in [6.07, 6.45) is 6.40. The average Bonchev–Trinajstić information content (AvgIpc) is 3.38. The summed E-state index contributed by atoms with van der Waals surface area (Å²) >= 11 is 0. The van der Waals surface area contributed by atoms with Crippen LogP contribution < -0.4 is 14.8 Å². The minimum Gasteiger partial charge on any atom is -0.493 e. The second-order valence-electron chi connectivity index (χ2n) is 9.22. The van der Waals surface area contributed by atoms with Crippen molar-refractivity contribution in [3.05, 3.63) is 107 Å². The molecule has 1 aliphatic carbocycles. The van der Waals surface area contributed by atoms with Gasteiger partial charge in [0.25, 0.3) is 0 Å². The Balaban J connectivity index is 1.51. The zero-order valence-electron chi connectivity index (χ0n) is 22.0. The van der Waals surface area contributed by atoms with Crippen molar-refractivity contribution in [2.24, 2.45) is 0 Å². The van der Waals surface area contributed by atoms with E-state index in [1.807, 2.05) is 18.2 Å². The maximum absolute atomic E-state index is 13.4. The molecule has 1 aliphatic rings. The molecule has 0 saturated carbocycles. The minimum absolute atomic E-state index is 0.0901. The van der Waals surface area contributed by atoms with Gasteiger partial charge in [-0.15, -0.1) is 0 Å². The van der Waals surface area contributed by atoms with Crippen LogP contribution in [0.2, 0.25) is 0 Å². The summed E-state index contributed by atoms with van der Waals surface area (Å²) in [4.78, 5) is 38.1. The molecule has 7 heteroatoms. The van der Waals surface area contributed by atoms with Gasteiger partial charge in [-0.25, -0.2) is 0 Å². The van der Waals surface area contributed by atoms with Crippen molar-refractivity contribution in [2.75, 3.05) is 20.8 Å². The average molecular weight is 526 g/mol. The Kier molecular flexibility index (Phi) is 9.07. The molecule has 0 aromatic heterocycles. The molecule has 3 aromatic carbocycles. The molecule has 2 N–H and O–H groups in total. The Bertz CT molecular complexity index is 1420. The highest BCUT2D eigenvalue weighted by Gasteiger charge is 2.24. The molecule has 200 valence electrons. The van der Waals surface area contributed by atoms with Gasteiger partial charge in [-0.2, -0.15) is 0 Å².